The van der Waals surface area contributed by atoms with E-state index in [4.69, 9.17) is 0 Å². The lowest BCUT2D eigenvalue weighted by molar-refractivity contribution is 0.349. The number of likely N-dealkylation sites (N-methyl/N-ethyl adjacent to an activating group) is 1. The van der Waals surface area contributed by atoms with Gasteiger partial charge in [-0.3, -0.25) is 0 Å². The number of hydrogen-bond acceptors (Lipinski definition) is 3. The summed E-state index contributed by atoms with van der Waals surface area (Å²) in [6.07, 6.45) is 7.48. The number of nitrogens with zero attached hydrogens (tertiary/aromatic N) is 1. The fourth-order valence-corrected chi connectivity index (χ4v) is 3.81. The van der Waals surface area contributed by atoms with Crippen molar-refractivity contribution in [3.8, 4) is 0 Å². The predicted octanol–water partition coefficient (Wildman–Crippen LogP) is 2.32. The zero-order valence-electron chi connectivity index (χ0n) is 9.15. The van der Waals surface area contributed by atoms with Crippen molar-refractivity contribution in [2.24, 2.45) is 17.8 Å². The monoisotopic (exact) mass is 222 g/mol. The molecule has 82 valence electrons. The summed E-state index contributed by atoms with van der Waals surface area (Å²) in [6.45, 7) is 0. The second-order valence-corrected chi connectivity index (χ2v) is 5.99. The Kier molecular flexibility index (Phi) is 2.53. The second kappa shape index (κ2) is 3.87. The number of aromatic nitrogens is 1. The molecule has 2 saturated carbocycles. The number of hydrogen-bond donors (Lipinski definition) is 1. The summed E-state index contributed by atoms with van der Waals surface area (Å²) in [6, 6.07) is 0.656. The van der Waals surface area contributed by atoms with Crippen LogP contribution < -0.4 is 5.32 Å². The molecule has 1 aromatic heterocycles. The van der Waals surface area contributed by atoms with Crippen molar-refractivity contribution in [3.63, 3.8) is 0 Å². The highest BCUT2D eigenvalue weighted by Crippen LogP contribution is 2.55. The van der Waals surface area contributed by atoms with Crippen molar-refractivity contribution in [2.45, 2.75) is 31.7 Å². The molecule has 2 aliphatic rings. The van der Waals surface area contributed by atoms with Crippen molar-refractivity contribution in [1.82, 2.24) is 10.3 Å². The first-order valence-electron chi connectivity index (χ1n) is 5.92. The molecule has 0 aliphatic heterocycles. The number of rotatable bonds is 4. The number of thiazole rings is 1. The van der Waals surface area contributed by atoms with Gasteiger partial charge in [0.15, 0.2) is 0 Å². The van der Waals surface area contributed by atoms with Gasteiger partial charge in [-0.2, -0.15) is 0 Å². The van der Waals surface area contributed by atoms with Crippen LogP contribution in [0.15, 0.2) is 11.6 Å². The Morgan fingerprint density at radius 3 is 2.87 bits per heavy atom. The van der Waals surface area contributed by atoms with Gasteiger partial charge in [0.25, 0.3) is 0 Å². The van der Waals surface area contributed by atoms with E-state index in [-0.39, 0.29) is 0 Å². The molecule has 3 unspecified atom stereocenters. The van der Waals surface area contributed by atoms with Crippen molar-refractivity contribution < 1.29 is 0 Å². The molecule has 2 fully saturated rings. The van der Waals surface area contributed by atoms with Gasteiger partial charge >= 0.3 is 0 Å². The number of fused-ring (bicyclic) bond motifs is 1. The summed E-state index contributed by atoms with van der Waals surface area (Å²) < 4.78 is 0. The molecule has 3 atom stereocenters. The maximum Gasteiger partial charge on any atom is 0.0940 e. The normalized spacial score (nSPS) is 35.1. The first-order chi connectivity index (χ1) is 7.36. The zero-order chi connectivity index (χ0) is 10.3. The van der Waals surface area contributed by atoms with E-state index in [9.17, 15) is 0 Å². The third-order valence-corrected chi connectivity index (χ3v) is 4.90. The molecule has 3 heteroatoms. The zero-order valence-corrected chi connectivity index (χ0v) is 9.96. The first-order valence-corrected chi connectivity index (χ1v) is 6.80. The Balaban J connectivity index is 1.61. The minimum Gasteiger partial charge on any atom is -0.316 e. The largest absolute Gasteiger partial charge is 0.316 e. The van der Waals surface area contributed by atoms with E-state index in [1.807, 2.05) is 6.20 Å². The third kappa shape index (κ3) is 1.95. The van der Waals surface area contributed by atoms with E-state index < -0.39 is 0 Å². The smallest absolute Gasteiger partial charge is 0.0940 e. The Hall–Kier alpha value is -0.410. The lowest BCUT2D eigenvalue weighted by Crippen LogP contribution is -2.35. The van der Waals surface area contributed by atoms with Crippen molar-refractivity contribution in [3.05, 3.63) is 16.6 Å². The Labute approximate surface area is 95.1 Å². The minimum absolute atomic E-state index is 0.656. The molecule has 1 heterocycles. The minimum atomic E-state index is 0.656. The van der Waals surface area contributed by atoms with Crippen LogP contribution in [-0.2, 0) is 6.42 Å². The van der Waals surface area contributed by atoms with Crippen molar-refractivity contribution >= 4 is 11.3 Å². The second-order valence-electron chi connectivity index (χ2n) is 5.01. The van der Waals surface area contributed by atoms with Crippen LogP contribution in [0.1, 0.15) is 24.3 Å². The van der Waals surface area contributed by atoms with Gasteiger partial charge in [0.05, 0.1) is 5.01 Å². The summed E-state index contributed by atoms with van der Waals surface area (Å²) >= 11 is 1.79. The van der Waals surface area contributed by atoms with Crippen LogP contribution in [0.4, 0.5) is 0 Å². The quantitative estimate of drug-likeness (QED) is 0.845. The average molecular weight is 222 g/mol. The molecule has 2 aliphatic carbocycles. The number of nitrogens with one attached hydrogen (secondary N) is 1. The molecular formula is C12H18N2S. The molecule has 1 N–H and O–H groups in total. The van der Waals surface area contributed by atoms with Crippen LogP contribution in [0.3, 0.4) is 0 Å². The van der Waals surface area contributed by atoms with Crippen LogP contribution >= 0.6 is 11.3 Å². The summed E-state index contributed by atoms with van der Waals surface area (Å²) in [7, 11) is 2.10. The van der Waals surface area contributed by atoms with E-state index in [1.54, 1.807) is 11.3 Å². The topological polar surface area (TPSA) is 24.9 Å². The Morgan fingerprint density at radius 2 is 2.27 bits per heavy atom. The van der Waals surface area contributed by atoms with Gasteiger partial charge in [-0.1, -0.05) is 0 Å². The summed E-state index contributed by atoms with van der Waals surface area (Å²) in [5.41, 5.74) is 0. The highest BCUT2D eigenvalue weighted by molar-refractivity contribution is 7.09. The Bertz CT molecular complexity index is 312. The molecule has 0 amide bonds. The standard InChI is InChI=1S/C12H18N2S/c1-13-11(7-12-14-2-3-15-12)10-5-8-4-9(8)6-10/h2-3,8-11,13H,4-7H2,1H3. The fraction of sp³-hybridized carbons (Fsp3) is 0.750. The fourth-order valence-electron chi connectivity index (χ4n) is 3.14. The van der Waals surface area contributed by atoms with E-state index in [1.165, 1.54) is 24.3 Å². The summed E-state index contributed by atoms with van der Waals surface area (Å²) in [4.78, 5) is 4.38. The van der Waals surface area contributed by atoms with Gasteiger partial charge in [-0.15, -0.1) is 11.3 Å². The molecule has 2 nitrogen and oxygen atoms in total. The van der Waals surface area contributed by atoms with E-state index in [2.05, 4.69) is 22.7 Å². The molecule has 0 saturated heterocycles. The molecule has 1 aromatic rings. The molecule has 0 spiro atoms. The van der Waals surface area contributed by atoms with Gasteiger partial charge < -0.3 is 5.32 Å². The molecular weight excluding hydrogens is 204 g/mol. The van der Waals surface area contributed by atoms with Crippen LogP contribution in [0.2, 0.25) is 0 Å². The van der Waals surface area contributed by atoms with Crippen molar-refractivity contribution in [2.75, 3.05) is 7.05 Å². The van der Waals surface area contributed by atoms with Gasteiger partial charge in [0, 0.05) is 24.0 Å². The predicted molar refractivity (Wildman–Crippen MR) is 63.0 cm³/mol. The highest BCUT2D eigenvalue weighted by atomic mass is 32.1. The lowest BCUT2D eigenvalue weighted by atomic mass is 9.92. The first kappa shape index (κ1) is 9.79. The van der Waals surface area contributed by atoms with Gasteiger partial charge in [-0.25, -0.2) is 4.98 Å². The van der Waals surface area contributed by atoms with E-state index in [0.717, 1.165) is 24.2 Å². The van der Waals surface area contributed by atoms with Crippen LogP contribution in [0, 0.1) is 17.8 Å². The van der Waals surface area contributed by atoms with Crippen LogP contribution in [0.25, 0.3) is 0 Å². The average Bonchev–Trinajstić information content (AvgIpc) is 2.73. The van der Waals surface area contributed by atoms with Gasteiger partial charge in [0.2, 0.25) is 0 Å². The van der Waals surface area contributed by atoms with Crippen LogP contribution in [-0.4, -0.2) is 18.1 Å². The lowest BCUT2D eigenvalue weighted by Gasteiger charge is -2.23. The molecule has 15 heavy (non-hydrogen) atoms. The summed E-state index contributed by atoms with van der Waals surface area (Å²) in [5, 5.41) is 6.85. The SMILES string of the molecule is CNC(Cc1nccs1)C1CC2CC2C1. The maximum absolute atomic E-state index is 4.38. The molecule has 0 bridgehead atoms. The van der Waals surface area contributed by atoms with Gasteiger partial charge in [0.1, 0.15) is 0 Å². The van der Waals surface area contributed by atoms with Crippen molar-refractivity contribution in [1.29, 1.82) is 0 Å². The molecule has 0 aromatic carbocycles. The third-order valence-electron chi connectivity index (χ3n) is 4.10. The molecule has 3 rings (SSSR count). The van der Waals surface area contributed by atoms with Crippen LogP contribution in [0.5, 0.6) is 0 Å². The van der Waals surface area contributed by atoms with E-state index >= 15 is 0 Å². The van der Waals surface area contributed by atoms with E-state index in [0.29, 0.717) is 6.04 Å². The van der Waals surface area contributed by atoms with Gasteiger partial charge in [-0.05, 0) is 44.1 Å². The molecule has 0 radical (unpaired) electrons. The highest BCUT2D eigenvalue weighted by Gasteiger charge is 2.47. The summed E-state index contributed by atoms with van der Waals surface area (Å²) in [5.74, 6) is 3.08. The Morgan fingerprint density at radius 1 is 1.47 bits per heavy atom. The maximum atomic E-state index is 4.38.